The maximum atomic E-state index is 6.57. The van der Waals surface area contributed by atoms with Crippen molar-refractivity contribution in [2.24, 2.45) is 0 Å². The minimum absolute atomic E-state index is 0.616. The molecule has 0 aliphatic heterocycles. The van der Waals surface area contributed by atoms with Crippen LogP contribution in [-0.2, 0) is 0 Å². The molecule has 4 nitrogen and oxygen atoms in total. The lowest BCUT2D eigenvalue weighted by atomic mass is 9.95. The maximum absolute atomic E-state index is 6.57. The molecule has 10 rings (SSSR count). The molecule has 8 aromatic carbocycles. The number of rotatable bonds is 4. The van der Waals surface area contributed by atoms with Crippen LogP contribution >= 0.6 is 0 Å². The third kappa shape index (κ3) is 4.49. The van der Waals surface area contributed by atoms with Crippen LogP contribution in [0, 0.1) is 0 Å². The normalized spacial score (nSPS) is 11.7. The summed E-state index contributed by atoms with van der Waals surface area (Å²) in [6.07, 6.45) is 0. The predicted octanol–water partition coefficient (Wildman–Crippen LogP) is 11.9. The van der Waals surface area contributed by atoms with Crippen LogP contribution < -0.4 is 0 Å². The summed E-state index contributed by atoms with van der Waals surface area (Å²) in [7, 11) is 0. The molecule has 4 heteroatoms. The van der Waals surface area contributed by atoms with Gasteiger partial charge in [-0.3, -0.25) is 0 Å². The number of aromatic nitrogens is 3. The fraction of sp³-hybridized carbons (Fsp3) is 0. The molecular weight excluding hydrogens is 599 g/mol. The molecule has 0 aliphatic rings. The molecule has 2 heterocycles. The second-order valence-electron chi connectivity index (χ2n) is 12.4. The minimum Gasteiger partial charge on any atom is -0.455 e. The van der Waals surface area contributed by atoms with Gasteiger partial charge in [0, 0.05) is 32.8 Å². The van der Waals surface area contributed by atoms with Crippen molar-refractivity contribution in [3.05, 3.63) is 164 Å². The van der Waals surface area contributed by atoms with Crippen LogP contribution in [0.2, 0.25) is 0 Å². The Balaban J connectivity index is 1.30. The van der Waals surface area contributed by atoms with Gasteiger partial charge in [-0.05, 0) is 62.3 Å². The number of fused-ring (bicyclic) bond motifs is 8. The summed E-state index contributed by atoms with van der Waals surface area (Å²) in [5.74, 6) is 1.88. The summed E-state index contributed by atoms with van der Waals surface area (Å²) in [4.78, 5) is 15.6. The zero-order valence-electron chi connectivity index (χ0n) is 26.3. The van der Waals surface area contributed by atoms with Crippen molar-refractivity contribution < 1.29 is 4.42 Å². The second kappa shape index (κ2) is 11.0. The first-order valence-electron chi connectivity index (χ1n) is 16.4. The van der Waals surface area contributed by atoms with E-state index in [0.29, 0.717) is 17.5 Å². The molecule has 0 saturated carbocycles. The van der Waals surface area contributed by atoms with Gasteiger partial charge in [-0.25, -0.2) is 15.0 Å². The third-order valence-corrected chi connectivity index (χ3v) is 9.50. The molecule has 0 aliphatic carbocycles. The topological polar surface area (TPSA) is 51.8 Å². The molecule has 0 unspecified atom stereocenters. The van der Waals surface area contributed by atoms with Crippen LogP contribution in [0.25, 0.3) is 99.5 Å². The number of nitrogens with zero attached hydrogens (tertiary/aromatic N) is 3. The fourth-order valence-electron chi connectivity index (χ4n) is 7.17. The number of benzene rings is 8. The van der Waals surface area contributed by atoms with Crippen molar-refractivity contribution in [3.63, 3.8) is 0 Å². The van der Waals surface area contributed by atoms with E-state index in [1.165, 1.54) is 10.8 Å². The molecule has 10 aromatic rings. The van der Waals surface area contributed by atoms with Gasteiger partial charge in [-0.1, -0.05) is 140 Å². The number of hydrogen-bond acceptors (Lipinski definition) is 4. The first kappa shape index (κ1) is 27.5. The number of para-hydroxylation sites is 1. The summed E-state index contributed by atoms with van der Waals surface area (Å²) in [6.45, 7) is 0. The van der Waals surface area contributed by atoms with Crippen molar-refractivity contribution in [1.82, 2.24) is 15.0 Å². The smallest absolute Gasteiger partial charge is 0.164 e. The van der Waals surface area contributed by atoms with Crippen LogP contribution in [0.15, 0.2) is 168 Å². The Morgan fingerprint density at radius 2 is 0.878 bits per heavy atom. The fourth-order valence-corrected chi connectivity index (χ4v) is 7.17. The van der Waals surface area contributed by atoms with E-state index in [9.17, 15) is 0 Å². The van der Waals surface area contributed by atoms with E-state index in [-0.39, 0.29) is 0 Å². The van der Waals surface area contributed by atoms with Crippen LogP contribution in [0.4, 0.5) is 0 Å². The van der Waals surface area contributed by atoms with Crippen molar-refractivity contribution in [2.75, 3.05) is 0 Å². The highest BCUT2D eigenvalue weighted by molar-refractivity contribution is 6.19. The average molecular weight is 626 g/mol. The van der Waals surface area contributed by atoms with Gasteiger partial charge < -0.3 is 4.42 Å². The van der Waals surface area contributed by atoms with E-state index in [1.54, 1.807) is 0 Å². The van der Waals surface area contributed by atoms with Gasteiger partial charge >= 0.3 is 0 Å². The van der Waals surface area contributed by atoms with Gasteiger partial charge in [-0.2, -0.15) is 0 Å². The van der Waals surface area contributed by atoms with E-state index in [1.807, 2.05) is 36.4 Å². The average Bonchev–Trinajstić information content (AvgIpc) is 3.56. The lowest BCUT2D eigenvalue weighted by Gasteiger charge is -2.14. The van der Waals surface area contributed by atoms with E-state index in [2.05, 4.69) is 127 Å². The summed E-state index contributed by atoms with van der Waals surface area (Å²) in [6, 6.07) is 56.8. The monoisotopic (exact) mass is 625 g/mol. The van der Waals surface area contributed by atoms with Crippen LogP contribution in [0.5, 0.6) is 0 Å². The molecule has 0 N–H and O–H groups in total. The highest BCUT2D eigenvalue weighted by Gasteiger charge is 2.20. The van der Waals surface area contributed by atoms with Crippen LogP contribution in [0.3, 0.4) is 0 Å². The molecular formula is C45H27N3O. The largest absolute Gasteiger partial charge is 0.455 e. The molecule has 0 saturated heterocycles. The molecule has 0 spiro atoms. The predicted molar refractivity (Wildman–Crippen MR) is 201 cm³/mol. The molecule has 228 valence electrons. The van der Waals surface area contributed by atoms with Crippen LogP contribution in [-0.4, -0.2) is 15.0 Å². The minimum atomic E-state index is 0.616. The molecule has 0 atom stereocenters. The third-order valence-electron chi connectivity index (χ3n) is 9.50. The van der Waals surface area contributed by atoms with Crippen molar-refractivity contribution in [2.45, 2.75) is 0 Å². The molecule has 49 heavy (non-hydrogen) atoms. The van der Waals surface area contributed by atoms with Gasteiger partial charge in [0.1, 0.15) is 11.2 Å². The SMILES string of the molecule is c1ccc(-c2ccc3c(-c4nc(-c5ccccc5)nc(-c5cc6ccccc6c6ccccc56)n4)cc4c5ccccc5oc4c3c2)cc1. The highest BCUT2D eigenvalue weighted by Crippen LogP contribution is 2.42. The highest BCUT2D eigenvalue weighted by atomic mass is 16.3. The van der Waals surface area contributed by atoms with Gasteiger partial charge in [-0.15, -0.1) is 0 Å². The van der Waals surface area contributed by atoms with Crippen LogP contribution in [0.1, 0.15) is 0 Å². The van der Waals surface area contributed by atoms with Crippen molar-refractivity contribution in [3.8, 4) is 45.3 Å². The van der Waals surface area contributed by atoms with Gasteiger partial charge in [0.05, 0.1) is 0 Å². The summed E-state index contributed by atoms with van der Waals surface area (Å²) in [5.41, 5.74) is 6.82. The first-order chi connectivity index (χ1) is 24.3. The molecule has 0 fully saturated rings. The Kier molecular flexibility index (Phi) is 6.15. The Labute approximate surface area is 282 Å². The Bertz CT molecular complexity index is 2880. The van der Waals surface area contributed by atoms with Gasteiger partial charge in [0.15, 0.2) is 17.5 Å². The van der Waals surface area contributed by atoms with Crippen molar-refractivity contribution in [1.29, 1.82) is 0 Å². The quantitative estimate of drug-likeness (QED) is 0.183. The Morgan fingerprint density at radius 1 is 0.327 bits per heavy atom. The molecule has 0 amide bonds. The van der Waals surface area contributed by atoms with E-state index in [0.717, 1.165) is 71.3 Å². The zero-order valence-corrected chi connectivity index (χ0v) is 26.3. The van der Waals surface area contributed by atoms with Gasteiger partial charge in [0.2, 0.25) is 0 Å². The molecule has 0 bridgehead atoms. The Hall–Kier alpha value is -6.65. The van der Waals surface area contributed by atoms with Gasteiger partial charge in [0.25, 0.3) is 0 Å². The van der Waals surface area contributed by atoms with E-state index >= 15 is 0 Å². The summed E-state index contributed by atoms with van der Waals surface area (Å²) >= 11 is 0. The lowest BCUT2D eigenvalue weighted by molar-refractivity contribution is 0.672. The van der Waals surface area contributed by atoms with E-state index < -0.39 is 0 Å². The van der Waals surface area contributed by atoms with Crippen molar-refractivity contribution >= 4 is 54.3 Å². The summed E-state index contributed by atoms with van der Waals surface area (Å²) < 4.78 is 6.57. The number of furan rings is 1. The summed E-state index contributed by atoms with van der Waals surface area (Å²) in [5, 5.41) is 8.75. The molecule has 2 aromatic heterocycles. The zero-order chi connectivity index (χ0) is 32.3. The second-order valence-corrected chi connectivity index (χ2v) is 12.4. The number of hydrogen-bond donors (Lipinski definition) is 0. The van der Waals surface area contributed by atoms with E-state index in [4.69, 9.17) is 19.4 Å². The lowest BCUT2D eigenvalue weighted by Crippen LogP contribution is -2.01. The maximum Gasteiger partial charge on any atom is 0.164 e. The standard InChI is InChI=1S/C45H27N3O/c1-3-13-28(14-4-1)30-23-24-35-37(25-30)42-38(36-21-11-12-22-41(36)49-42)27-40(35)45-47-43(29-15-5-2-6-16-29)46-44(48-45)39-26-31-17-7-8-18-32(31)33-19-9-10-20-34(33)39/h1-27H. The Morgan fingerprint density at radius 3 is 1.65 bits per heavy atom. The first-order valence-corrected chi connectivity index (χ1v) is 16.4. The molecule has 0 radical (unpaired) electrons.